The number of nitrogens with one attached hydrogen (secondary N) is 1. The molecule has 0 radical (unpaired) electrons. The van der Waals surface area contributed by atoms with Gasteiger partial charge in [-0.2, -0.15) is 0 Å². The Morgan fingerprint density at radius 1 is 1.25 bits per heavy atom. The molecule has 0 spiro atoms. The summed E-state index contributed by atoms with van der Waals surface area (Å²) in [6, 6.07) is 9.96. The molecule has 0 saturated heterocycles. The zero-order valence-corrected chi connectivity index (χ0v) is 11.5. The minimum atomic E-state index is -0.0511. The van der Waals surface area contributed by atoms with Crippen molar-refractivity contribution in [3.63, 3.8) is 0 Å². The van der Waals surface area contributed by atoms with E-state index < -0.39 is 0 Å². The average Bonchev–Trinajstić information content (AvgIpc) is 3.07. The fraction of sp³-hybridized carbons (Fsp3) is 0.471. The molecule has 3 heteroatoms. The Kier molecular flexibility index (Phi) is 3.88. The Morgan fingerprint density at radius 3 is 2.75 bits per heavy atom. The first-order chi connectivity index (χ1) is 9.78. The second kappa shape index (κ2) is 5.80. The molecule has 4 atom stereocenters. The monoisotopic (exact) mass is 271 g/mol. The van der Waals surface area contributed by atoms with E-state index in [-0.39, 0.29) is 24.5 Å². The van der Waals surface area contributed by atoms with Crippen LogP contribution in [0.15, 0.2) is 36.4 Å². The molecule has 2 aliphatic carbocycles. The van der Waals surface area contributed by atoms with Crippen molar-refractivity contribution in [1.82, 2.24) is 5.32 Å². The normalized spacial score (nSPS) is 31.9. The highest BCUT2D eigenvalue weighted by atomic mass is 16.3. The van der Waals surface area contributed by atoms with Crippen LogP contribution in [0.4, 0.5) is 0 Å². The molecular weight excluding hydrogens is 250 g/mol. The van der Waals surface area contributed by atoms with E-state index >= 15 is 0 Å². The molecule has 2 fully saturated rings. The second-order valence-electron chi connectivity index (χ2n) is 5.96. The lowest BCUT2D eigenvalue weighted by Crippen LogP contribution is -2.44. The molecule has 4 unspecified atom stereocenters. The van der Waals surface area contributed by atoms with E-state index in [0.717, 1.165) is 5.56 Å². The van der Waals surface area contributed by atoms with Crippen molar-refractivity contribution in [3.8, 4) is 0 Å². The number of amides is 1. The van der Waals surface area contributed by atoms with Gasteiger partial charge >= 0.3 is 0 Å². The van der Waals surface area contributed by atoms with Crippen LogP contribution in [0.2, 0.25) is 0 Å². The lowest BCUT2D eigenvalue weighted by molar-refractivity contribution is -0.117. The molecule has 2 N–H and O–H groups in total. The van der Waals surface area contributed by atoms with E-state index in [9.17, 15) is 9.90 Å². The Morgan fingerprint density at radius 2 is 2.00 bits per heavy atom. The number of fused-ring (bicyclic) bond motifs is 2. The van der Waals surface area contributed by atoms with Gasteiger partial charge in [-0.3, -0.25) is 4.79 Å². The number of aliphatic hydroxyl groups excluding tert-OH is 1. The quantitative estimate of drug-likeness (QED) is 0.825. The average molecular weight is 271 g/mol. The molecule has 1 aromatic rings. The molecular formula is C17H21NO2. The van der Waals surface area contributed by atoms with Gasteiger partial charge in [0.25, 0.3) is 0 Å². The number of hydrogen-bond donors (Lipinski definition) is 2. The molecule has 1 amide bonds. The molecule has 20 heavy (non-hydrogen) atoms. The number of aliphatic hydroxyl groups is 1. The highest BCUT2D eigenvalue weighted by Crippen LogP contribution is 2.48. The topological polar surface area (TPSA) is 49.3 Å². The van der Waals surface area contributed by atoms with Crippen LogP contribution in [0, 0.1) is 17.8 Å². The number of hydrogen-bond acceptors (Lipinski definition) is 2. The molecule has 2 aliphatic rings. The van der Waals surface area contributed by atoms with Gasteiger partial charge in [0, 0.05) is 24.6 Å². The van der Waals surface area contributed by atoms with Gasteiger partial charge < -0.3 is 10.4 Å². The number of carbonyl (C=O) groups excluding carboxylic acids is 1. The van der Waals surface area contributed by atoms with Gasteiger partial charge in [0.2, 0.25) is 5.91 Å². The predicted molar refractivity (Wildman–Crippen MR) is 78.8 cm³/mol. The molecule has 3 rings (SSSR count). The lowest BCUT2D eigenvalue weighted by atomic mass is 9.85. The third kappa shape index (κ3) is 2.63. The molecule has 3 nitrogen and oxygen atoms in total. The van der Waals surface area contributed by atoms with Crippen LogP contribution in [0.3, 0.4) is 0 Å². The molecule has 2 bridgehead atoms. The van der Waals surface area contributed by atoms with E-state index in [1.165, 1.54) is 19.3 Å². The van der Waals surface area contributed by atoms with Gasteiger partial charge in [-0.25, -0.2) is 0 Å². The van der Waals surface area contributed by atoms with Crippen LogP contribution in [0.5, 0.6) is 0 Å². The molecule has 0 heterocycles. The molecule has 2 saturated carbocycles. The summed E-state index contributed by atoms with van der Waals surface area (Å²) in [5.74, 6) is 1.37. The van der Waals surface area contributed by atoms with Crippen LogP contribution in [-0.2, 0) is 4.79 Å². The summed E-state index contributed by atoms with van der Waals surface area (Å²) < 4.78 is 0. The maximum Gasteiger partial charge on any atom is 0.244 e. The van der Waals surface area contributed by atoms with Crippen molar-refractivity contribution in [2.24, 2.45) is 17.8 Å². The van der Waals surface area contributed by atoms with E-state index in [1.54, 1.807) is 6.08 Å². The molecule has 0 aromatic heterocycles. The Labute approximate surface area is 119 Å². The third-order valence-electron chi connectivity index (χ3n) is 4.83. The van der Waals surface area contributed by atoms with Crippen molar-refractivity contribution >= 4 is 12.0 Å². The first-order valence-electron chi connectivity index (χ1n) is 7.42. The van der Waals surface area contributed by atoms with E-state index in [4.69, 9.17) is 0 Å². The van der Waals surface area contributed by atoms with E-state index in [0.29, 0.717) is 11.8 Å². The van der Waals surface area contributed by atoms with Gasteiger partial charge in [-0.05, 0) is 42.7 Å². The first kappa shape index (κ1) is 13.4. The summed E-state index contributed by atoms with van der Waals surface area (Å²) in [6.45, 7) is 0.189. The van der Waals surface area contributed by atoms with Crippen LogP contribution in [-0.4, -0.2) is 23.7 Å². The van der Waals surface area contributed by atoms with Crippen LogP contribution in [0.25, 0.3) is 6.08 Å². The molecule has 0 aliphatic heterocycles. The lowest BCUT2D eigenvalue weighted by Gasteiger charge is -2.30. The number of benzene rings is 1. The summed E-state index contributed by atoms with van der Waals surface area (Å²) in [4.78, 5) is 12.0. The number of rotatable bonds is 4. The maximum absolute atomic E-state index is 12.0. The maximum atomic E-state index is 12.0. The highest BCUT2D eigenvalue weighted by molar-refractivity contribution is 5.92. The van der Waals surface area contributed by atoms with Crippen LogP contribution < -0.4 is 5.32 Å². The van der Waals surface area contributed by atoms with Crippen LogP contribution in [0.1, 0.15) is 24.8 Å². The summed E-state index contributed by atoms with van der Waals surface area (Å²) in [7, 11) is 0. The SMILES string of the molecule is O=C(/C=C/c1ccccc1)NC1C2CCC(C2)C1CO. The fourth-order valence-electron chi connectivity index (χ4n) is 3.85. The minimum absolute atomic E-state index is 0.0511. The van der Waals surface area contributed by atoms with Gasteiger partial charge in [0.1, 0.15) is 0 Å². The Hall–Kier alpha value is -1.61. The van der Waals surface area contributed by atoms with Crippen molar-refractivity contribution in [3.05, 3.63) is 42.0 Å². The van der Waals surface area contributed by atoms with Crippen LogP contribution >= 0.6 is 0 Å². The van der Waals surface area contributed by atoms with E-state index in [2.05, 4.69) is 5.32 Å². The van der Waals surface area contributed by atoms with Gasteiger partial charge in [-0.15, -0.1) is 0 Å². The molecule has 106 valence electrons. The zero-order valence-electron chi connectivity index (χ0n) is 11.5. The second-order valence-corrected chi connectivity index (χ2v) is 5.96. The highest BCUT2D eigenvalue weighted by Gasteiger charge is 2.47. The summed E-state index contributed by atoms with van der Waals surface area (Å²) in [5, 5.41) is 12.6. The zero-order chi connectivity index (χ0) is 13.9. The largest absolute Gasteiger partial charge is 0.396 e. The third-order valence-corrected chi connectivity index (χ3v) is 4.83. The van der Waals surface area contributed by atoms with E-state index in [1.807, 2.05) is 36.4 Å². The van der Waals surface area contributed by atoms with Crippen molar-refractivity contribution in [2.75, 3.05) is 6.61 Å². The van der Waals surface area contributed by atoms with Gasteiger partial charge in [-0.1, -0.05) is 30.3 Å². The Bertz CT molecular complexity index is 497. The van der Waals surface area contributed by atoms with Crippen molar-refractivity contribution in [1.29, 1.82) is 0 Å². The summed E-state index contributed by atoms with van der Waals surface area (Å²) in [6.07, 6.45) is 6.99. The minimum Gasteiger partial charge on any atom is -0.396 e. The standard InChI is InChI=1S/C17H21NO2/c19-11-15-13-7-8-14(10-13)17(15)18-16(20)9-6-12-4-2-1-3-5-12/h1-6,9,13-15,17,19H,7-8,10-11H2,(H,18,20)/b9-6+. The smallest absolute Gasteiger partial charge is 0.244 e. The molecule has 1 aromatic carbocycles. The van der Waals surface area contributed by atoms with Gasteiger partial charge in [0.05, 0.1) is 0 Å². The van der Waals surface area contributed by atoms with Crippen molar-refractivity contribution in [2.45, 2.75) is 25.3 Å². The Balaban J connectivity index is 1.60. The fourth-order valence-corrected chi connectivity index (χ4v) is 3.85. The predicted octanol–water partition coefficient (Wildman–Crippen LogP) is 2.22. The number of carbonyl (C=O) groups is 1. The van der Waals surface area contributed by atoms with Crippen molar-refractivity contribution < 1.29 is 9.90 Å². The first-order valence-corrected chi connectivity index (χ1v) is 7.42. The summed E-state index contributed by atoms with van der Waals surface area (Å²) in [5.41, 5.74) is 1.02. The van der Waals surface area contributed by atoms with Gasteiger partial charge in [0.15, 0.2) is 0 Å². The summed E-state index contributed by atoms with van der Waals surface area (Å²) >= 11 is 0.